The second-order valence-corrected chi connectivity index (χ2v) is 9.27. The highest BCUT2D eigenvalue weighted by molar-refractivity contribution is 8.00. The van der Waals surface area contributed by atoms with Gasteiger partial charge < -0.3 is 5.11 Å². The SMILES string of the molecule is CNS(=O)(=O)Nc1cc(Cn2c(C)c(O)n(-c3ccc(SC(F)(F)F)cc3)c2=O)ccn1. The van der Waals surface area contributed by atoms with Crippen LogP contribution in [0.5, 0.6) is 5.88 Å². The maximum absolute atomic E-state index is 12.9. The van der Waals surface area contributed by atoms with Crippen LogP contribution in [0.1, 0.15) is 11.3 Å². The molecule has 3 rings (SSSR count). The van der Waals surface area contributed by atoms with Crippen LogP contribution < -0.4 is 15.1 Å². The van der Waals surface area contributed by atoms with Crippen molar-refractivity contribution < 1.29 is 26.7 Å². The summed E-state index contributed by atoms with van der Waals surface area (Å²) in [6, 6.07) is 8.01. The van der Waals surface area contributed by atoms with Gasteiger partial charge in [-0.1, -0.05) is 0 Å². The maximum Gasteiger partial charge on any atom is 0.446 e. The van der Waals surface area contributed by atoms with Gasteiger partial charge in [0.25, 0.3) is 10.2 Å². The van der Waals surface area contributed by atoms with E-state index in [4.69, 9.17) is 0 Å². The fraction of sp³-hybridized carbons (Fsp3) is 0.222. The number of anilines is 1. The van der Waals surface area contributed by atoms with Gasteiger partial charge in [-0.05, 0) is 60.6 Å². The van der Waals surface area contributed by atoms with Crippen LogP contribution in [0.2, 0.25) is 0 Å². The van der Waals surface area contributed by atoms with E-state index in [1.165, 1.54) is 55.1 Å². The average molecular weight is 490 g/mol. The van der Waals surface area contributed by atoms with Gasteiger partial charge in [0.05, 0.1) is 17.9 Å². The number of benzene rings is 1. The van der Waals surface area contributed by atoms with Crippen LogP contribution in [-0.4, -0.2) is 40.2 Å². The highest BCUT2D eigenvalue weighted by atomic mass is 32.2. The molecule has 3 aromatic rings. The molecule has 3 N–H and O–H groups in total. The Morgan fingerprint density at radius 1 is 1.19 bits per heavy atom. The molecule has 0 saturated carbocycles. The summed E-state index contributed by atoms with van der Waals surface area (Å²) < 4.78 is 67.3. The Bertz CT molecular complexity index is 1290. The quantitative estimate of drug-likeness (QED) is 0.439. The molecular formula is C18H18F3N5O4S2. The van der Waals surface area contributed by atoms with Crippen LogP contribution in [0, 0.1) is 6.92 Å². The zero-order valence-electron chi connectivity index (χ0n) is 16.7. The predicted molar refractivity (Wildman–Crippen MR) is 113 cm³/mol. The first-order chi connectivity index (χ1) is 14.9. The van der Waals surface area contributed by atoms with E-state index in [0.29, 0.717) is 5.56 Å². The standard InChI is InChI=1S/C18H18F3N5O4S2/c1-11-16(27)26(13-3-5-14(6-4-13)31-18(19,20)21)17(28)25(11)10-12-7-8-23-15(9-12)24-32(29,30)22-2/h3-9,22,27H,10H2,1-2H3,(H,23,24). The summed E-state index contributed by atoms with van der Waals surface area (Å²) in [5.74, 6) is -0.333. The first kappa shape index (κ1) is 23.7. The van der Waals surface area contributed by atoms with Crippen molar-refractivity contribution in [1.82, 2.24) is 18.8 Å². The Balaban J connectivity index is 1.92. The van der Waals surface area contributed by atoms with Gasteiger partial charge in [0.2, 0.25) is 5.88 Å². The van der Waals surface area contributed by atoms with E-state index < -0.39 is 21.4 Å². The second-order valence-electron chi connectivity index (χ2n) is 6.51. The summed E-state index contributed by atoms with van der Waals surface area (Å²) in [5.41, 5.74) is -4.12. The summed E-state index contributed by atoms with van der Waals surface area (Å²) in [6.07, 6.45) is 1.36. The van der Waals surface area contributed by atoms with Crippen molar-refractivity contribution in [3.05, 3.63) is 64.3 Å². The Kier molecular flexibility index (Phi) is 6.57. The van der Waals surface area contributed by atoms with Gasteiger partial charge in [-0.2, -0.15) is 21.6 Å². The Morgan fingerprint density at radius 3 is 2.44 bits per heavy atom. The van der Waals surface area contributed by atoms with Crippen LogP contribution in [-0.2, 0) is 16.8 Å². The Labute approximate surface area is 185 Å². The maximum atomic E-state index is 12.9. The van der Waals surface area contributed by atoms with Gasteiger partial charge in [0, 0.05) is 18.1 Å². The van der Waals surface area contributed by atoms with Crippen LogP contribution in [0.15, 0.2) is 52.3 Å². The number of rotatable bonds is 7. The van der Waals surface area contributed by atoms with E-state index in [-0.39, 0.29) is 46.3 Å². The molecule has 0 radical (unpaired) electrons. The molecule has 0 aliphatic heterocycles. The molecule has 0 atom stereocenters. The molecule has 0 spiro atoms. The lowest BCUT2D eigenvalue weighted by Gasteiger charge is -2.08. The summed E-state index contributed by atoms with van der Waals surface area (Å²) in [6.45, 7) is 1.50. The molecule has 0 bridgehead atoms. The van der Waals surface area contributed by atoms with Crippen molar-refractivity contribution in [3.8, 4) is 11.6 Å². The van der Waals surface area contributed by atoms with Crippen LogP contribution >= 0.6 is 11.8 Å². The number of aromatic hydroxyl groups is 1. The molecule has 1 aromatic carbocycles. The second kappa shape index (κ2) is 8.88. The largest absolute Gasteiger partial charge is 0.493 e. The molecule has 0 saturated heterocycles. The third kappa shape index (κ3) is 5.44. The van der Waals surface area contributed by atoms with Crippen LogP contribution in [0.25, 0.3) is 5.69 Å². The van der Waals surface area contributed by atoms with Crippen molar-refractivity contribution in [2.45, 2.75) is 23.9 Å². The van der Waals surface area contributed by atoms with E-state index >= 15 is 0 Å². The lowest BCUT2D eigenvalue weighted by Crippen LogP contribution is -2.27. The first-order valence-electron chi connectivity index (χ1n) is 8.93. The molecule has 0 unspecified atom stereocenters. The lowest BCUT2D eigenvalue weighted by molar-refractivity contribution is -0.0328. The smallest absolute Gasteiger partial charge is 0.446 e. The molecule has 172 valence electrons. The number of aromatic nitrogens is 3. The van der Waals surface area contributed by atoms with Gasteiger partial charge in [0.15, 0.2) is 0 Å². The monoisotopic (exact) mass is 489 g/mol. The van der Waals surface area contributed by atoms with Crippen molar-refractivity contribution in [1.29, 1.82) is 0 Å². The van der Waals surface area contributed by atoms with E-state index in [1.807, 2.05) is 0 Å². The summed E-state index contributed by atoms with van der Waals surface area (Å²) in [5, 5.41) is 10.5. The first-order valence-corrected chi connectivity index (χ1v) is 11.2. The zero-order chi connectivity index (χ0) is 23.7. The average Bonchev–Trinajstić information content (AvgIpc) is 2.91. The zero-order valence-corrected chi connectivity index (χ0v) is 18.3. The van der Waals surface area contributed by atoms with Crippen molar-refractivity contribution in [2.24, 2.45) is 0 Å². The number of nitrogens with zero attached hydrogens (tertiary/aromatic N) is 3. The Hall–Kier alpha value is -2.97. The molecule has 0 aliphatic rings. The molecule has 14 heteroatoms. The number of nitrogens with one attached hydrogen (secondary N) is 2. The molecule has 0 amide bonds. The summed E-state index contributed by atoms with van der Waals surface area (Å²) >= 11 is -0.284. The van der Waals surface area contributed by atoms with E-state index in [1.54, 1.807) is 6.07 Å². The molecule has 2 aromatic heterocycles. The van der Waals surface area contributed by atoms with E-state index in [2.05, 4.69) is 14.4 Å². The highest BCUT2D eigenvalue weighted by Crippen LogP contribution is 2.37. The third-order valence-corrected chi connectivity index (χ3v) is 6.12. The summed E-state index contributed by atoms with van der Waals surface area (Å²) in [7, 11) is -2.55. The van der Waals surface area contributed by atoms with Gasteiger partial charge in [-0.3, -0.25) is 9.29 Å². The minimum Gasteiger partial charge on any atom is -0.493 e. The van der Waals surface area contributed by atoms with Gasteiger partial charge in [0.1, 0.15) is 5.82 Å². The lowest BCUT2D eigenvalue weighted by atomic mass is 10.2. The summed E-state index contributed by atoms with van der Waals surface area (Å²) in [4.78, 5) is 16.8. The van der Waals surface area contributed by atoms with E-state index in [9.17, 15) is 31.5 Å². The third-order valence-electron chi connectivity index (χ3n) is 4.36. The van der Waals surface area contributed by atoms with Crippen molar-refractivity contribution in [3.63, 3.8) is 0 Å². The fourth-order valence-electron chi connectivity index (χ4n) is 2.85. The van der Waals surface area contributed by atoms with Gasteiger partial charge in [-0.15, -0.1) is 0 Å². The predicted octanol–water partition coefficient (Wildman–Crippen LogP) is 2.58. The highest BCUT2D eigenvalue weighted by Gasteiger charge is 2.29. The number of alkyl halides is 3. The van der Waals surface area contributed by atoms with Crippen LogP contribution in [0.4, 0.5) is 19.0 Å². The normalized spacial score (nSPS) is 12.2. The van der Waals surface area contributed by atoms with Gasteiger partial charge in [-0.25, -0.2) is 19.1 Å². The number of halogens is 3. The molecule has 9 nitrogen and oxygen atoms in total. The van der Waals surface area contributed by atoms with Crippen molar-refractivity contribution in [2.75, 3.05) is 11.8 Å². The van der Waals surface area contributed by atoms with Crippen molar-refractivity contribution >= 4 is 27.8 Å². The fourth-order valence-corrected chi connectivity index (χ4v) is 3.88. The molecule has 32 heavy (non-hydrogen) atoms. The molecule has 2 heterocycles. The topological polar surface area (TPSA) is 118 Å². The van der Waals surface area contributed by atoms with E-state index in [0.717, 1.165) is 4.57 Å². The number of hydrogen-bond donors (Lipinski definition) is 3. The Morgan fingerprint density at radius 2 is 1.84 bits per heavy atom. The number of pyridine rings is 1. The number of thioether (sulfide) groups is 1. The van der Waals surface area contributed by atoms with Crippen LogP contribution in [0.3, 0.4) is 0 Å². The molecule has 0 aliphatic carbocycles. The molecular weight excluding hydrogens is 471 g/mol. The van der Waals surface area contributed by atoms with Gasteiger partial charge >= 0.3 is 11.2 Å². The number of hydrogen-bond acceptors (Lipinski definition) is 6. The minimum atomic E-state index is -4.44. The molecule has 0 fully saturated rings. The number of imidazole rings is 1. The minimum absolute atomic E-state index is 0.00988.